The Morgan fingerprint density at radius 2 is 1.91 bits per heavy atom. The summed E-state index contributed by atoms with van der Waals surface area (Å²) < 4.78 is 17.1. The number of ether oxygens (including phenoxy) is 2. The number of hydrogen-bond donors (Lipinski definition) is 1. The van der Waals surface area contributed by atoms with Crippen LogP contribution in [-0.4, -0.2) is 44.8 Å². The van der Waals surface area contributed by atoms with E-state index in [1.165, 1.54) is 0 Å². The summed E-state index contributed by atoms with van der Waals surface area (Å²) in [6.45, 7) is 12.2. The van der Waals surface area contributed by atoms with Crippen LogP contribution < -0.4 is 14.6 Å². The van der Waals surface area contributed by atoms with Gasteiger partial charge in [0.05, 0.1) is 18.5 Å². The Balaban J connectivity index is 1.76. The van der Waals surface area contributed by atoms with Crippen LogP contribution in [-0.2, 0) is 4.74 Å². The van der Waals surface area contributed by atoms with Crippen molar-refractivity contribution in [1.29, 1.82) is 0 Å². The van der Waals surface area contributed by atoms with E-state index in [2.05, 4.69) is 49.4 Å². The summed E-state index contributed by atoms with van der Waals surface area (Å²) in [6, 6.07) is 13.6. The molecular formula is C24H32N4O3Si. The molecule has 3 aromatic rings. The highest BCUT2D eigenvalue weighted by Gasteiger charge is 2.39. The van der Waals surface area contributed by atoms with Gasteiger partial charge >= 0.3 is 0 Å². The van der Waals surface area contributed by atoms with E-state index in [9.17, 15) is 0 Å². The van der Waals surface area contributed by atoms with Crippen molar-refractivity contribution in [1.82, 2.24) is 9.97 Å². The number of benzene rings is 1. The van der Waals surface area contributed by atoms with Gasteiger partial charge in [0.1, 0.15) is 29.4 Å². The molecule has 0 aliphatic rings. The molecule has 8 heteroatoms. The zero-order chi connectivity index (χ0) is 23.2. The highest BCUT2D eigenvalue weighted by atomic mass is 28.4. The first-order valence-electron chi connectivity index (χ1n) is 10.7. The minimum absolute atomic E-state index is 0.104. The second-order valence-electron chi connectivity index (χ2n) is 9.01. The molecular weight excluding hydrogens is 420 g/mol. The lowest BCUT2D eigenvalue weighted by molar-refractivity contribution is 0.146. The topological polar surface area (TPSA) is 77.9 Å². The van der Waals surface area contributed by atoms with Crippen LogP contribution in [0.2, 0.25) is 18.1 Å². The number of nitrogens with zero attached hydrogens (tertiary/aromatic N) is 3. The standard InChI is InChI=1S/C24H32N4O3Si/c1-24(2,3)32(5,6)31-21-9-7-8-18-10-11-19(27-23(18)21)17-26-28-22-16-20(12-13-25-22)30-15-14-29-4/h7-13,16-17H,14-15H2,1-6H3,(H,25,28)/b26-17-. The third kappa shape index (κ3) is 6.05. The summed E-state index contributed by atoms with van der Waals surface area (Å²) in [5.74, 6) is 2.10. The van der Waals surface area contributed by atoms with Crippen LogP contribution in [0, 0.1) is 0 Å². The van der Waals surface area contributed by atoms with Crippen LogP contribution in [0.5, 0.6) is 11.5 Å². The van der Waals surface area contributed by atoms with Crippen molar-refractivity contribution < 1.29 is 13.9 Å². The Morgan fingerprint density at radius 1 is 1.09 bits per heavy atom. The van der Waals surface area contributed by atoms with Gasteiger partial charge in [-0.1, -0.05) is 39.0 Å². The van der Waals surface area contributed by atoms with Crippen molar-refractivity contribution in [3.8, 4) is 11.5 Å². The highest BCUT2D eigenvalue weighted by molar-refractivity contribution is 6.74. The predicted octanol–water partition coefficient (Wildman–Crippen LogP) is 5.49. The van der Waals surface area contributed by atoms with Crippen molar-refractivity contribution in [2.24, 2.45) is 5.10 Å². The van der Waals surface area contributed by atoms with Gasteiger partial charge in [0.2, 0.25) is 0 Å². The lowest BCUT2D eigenvalue weighted by Gasteiger charge is -2.36. The summed E-state index contributed by atoms with van der Waals surface area (Å²) in [7, 11) is -0.342. The number of pyridine rings is 2. The average molecular weight is 453 g/mol. The van der Waals surface area contributed by atoms with Crippen LogP contribution in [0.25, 0.3) is 10.9 Å². The molecule has 0 amide bonds. The maximum atomic E-state index is 6.55. The van der Waals surface area contributed by atoms with Gasteiger partial charge in [-0.25, -0.2) is 9.97 Å². The Bertz CT molecular complexity index is 1080. The van der Waals surface area contributed by atoms with E-state index in [0.717, 1.165) is 22.3 Å². The van der Waals surface area contributed by atoms with Crippen LogP contribution in [0.3, 0.4) is 0 Å². The van der Waals surface area contributed by atoms with Crippen molar-refractivity contribution >= 4 is 31.3 Å². The zero-order valence-electron chi connectivity index (χ0n) is 19.7. The van der Waals surface area contributed by atoms with E-state index < -0.39 is 8.32 Å². The van der Waals surface area contributed by atoms with Crippen molar-refractivity contribution in [3.05, 3.63) is 54.4 Å². The van der Waals surface area contributed by atoms with Gasteiger partial charge in [-0.05, 0) is 36.3 Å². The quantitative estimate of drug-likeness (QED) is 0.200. The summed E-state index contributed by atoms with van der Waals surface area (Å²) in [4.78, 5) is 9.04. The predicted molar refractivity (Wildman–Crippen MR) is 132 cm³/mol. The minimum Gasteiger partial charge on any atom is -0.542 e. The number of hydrogen-bond acceptors (Lipinski definition) is 7. The average Bonchev–Trinajstić information content (AvgIpc) is 2.74. The SMILES string of the molecule is COCCOc1ccnc(N/N=C\c2ccc3cccc(O[Si](C)(C)C(C)(C)C)c3n2)c1. The van der Waals surface area contributed by atoms with E-state index in [4.69, 9.17) is 18.9 Å². The van der Waals surface area contributed by atoms with Gasteiger partial charge in [-0.2, -0.15) is 5.10 Å². The first kappa shape index (κ1) is 23.7. The molecule has 0 radical (unpaired) electrons. The normalized spacial score (nSPS) is 12.3. The van der Waals surface area contributed by atoms with Gasteiger partial charge in [0, 0.05) is 24.8 Å². The largest absolute Gasteiger partial charge is 0.542 e. The monoisotopic (exact) mass is 452 g/mol. The van der Waals surface area contributed by atoms with Gasteiger partial charge in [0.25, 0.3) is 8.32 Å². The van der Waals surface area contributed by atoms with Crippen LogP contribution in [0.4, 0.5) is 5.82 Å². The summed E-state index contributed by atoms with van der Waals surface area (Å²) >= 11 is 0. The maximum Gasteiger partial charge on any atom is 0.250 e. The first-order chi connectivity index (χ1) is 15.2. The van der Waals surface area contributed by atoms with Crippen LogP contribution >= 0.6 is 0 Å². The van der Waals surface area contributed by atoms with E-state index in [1.54, 1.807) is 31.7 Å². The second-order valence-corrected chi connectivity index (χ2v) is 13.7. The molecule has 7 nitrogen and oxygen atoms in total. The molecule has 0 atom stereocenters. The molecule has 0 bridgehead atoms. The molecule has 0 saturated heterocycles. The van der Waals surface area contributed by atoms with E-state index in [-0.39, 0.29) is 5.04 Å². The highest BCUT2D eigenvalue weighted by Crippen LogP contribution is 2.38. The van der Waals surface area contributed by atoms with Crippen LogP contribution in [0.15, 0.2) is 53.8 Å². The number of hydrazone groups is 1. The first-order valence-corrected chi connectivity index (χ1v) is 13.6. The molecule has 32 heavy (non-hydrogen) atoms. The molecule has 1 aromatic carbocycles. The van der Waals surface area contributed by atoms with E-state index in [1.807, 2.05) is 30.3 Å². The smallest absolute Gasteiger partial charge is 0.250 e. The number of para-hydroxylation sites is 1. The van der Waals surface area contributed by atoms with E-state index >= 15 is 0 Å². The molecule has 2 heterocycles. The fourth-order valence-electron chi connectivity index (χ4n) is 2.69. The molecule has 0 spiro atoms. The van der Waals surface area contributed by atoms with Crippen molar-refractivity contribution in [3.63, 3.8) is 0 Å². The maximum absolute atomic E-state index is 6.55. The molecule has 1 N–H and O–H groups in total. The lowest BCUT2D eigenvalue weighted by Crippen LogP contribution is -2.43. The fourth-order valence-corrected chi connectivity index (χ4v) is 3.71. The zero-order valence-corrected chi connectivity index (χ0v) is 20.7. The molecule has 3 rings (SSSR count). The Labute approximate surface area is 191 Å². The van der Waals surface area contributed by atoms with Gasteiger partial charge in [0.15, 0.2) is 0 Å². The van der Waals surface area contributed by atoms with Crippen molar-refractivity contribution in [2.75, 3.05) is 25.7 Å². The number of aromatic nitrogens is 2. The molecule has 170 valence electrons. The summed E-state index contributed by atoms with van der Waals surface area (Å²) in [5, 5.41) is 5.43. The third-order valence-electron chi connectivity index (χ3n) is 5.54. The van der Waals surface area contributed by atoms with Gasteiger partial charge in [-0.3, -0.25) is 5.43 Å². The number of rotatable bonds is 9. The molecule has 0 aliphatic carbocycles. The number of fused-ring (bicyclic) bond motifs is 1. The number of anilines is 1. The number of methoxy groups -OCH3 is 1. The Morgan fingerprint density at radius 3 is 2.66 bits per heavy atom. The number of nitrogens with one attached hydrogen (secondary N) is 1. The Hall–Kier alpha value is -2.97. The molecule has 0 saturated carbocycles. The lowest BCUT2D eigenvalue weighted by atomic mass is 10.2. The molecule has 0 unspecified atom stereocenters. The van der Waals surface area contributed by atoms with Crippen molar-refractivity contribution in [2.45, 2.75) is 38.9 Å². The molecule has 0 fully saturated rings. The van der Waals surface area contributed by atoms with Gasteiger partial charge < -0.3 is 13.9 Å². The minimum atomic E-state index is -1.98. The fraction of sp³-hybridized carbons (Fsp3) is 0.375. The summed E-state index contributed by atoms with van der Waals surface area (Å²) in [5.41, 5.74) is 4.49. The third-order valence-corrected chi connectivity index (χ3v) is 9.88. The van der Waals surface area contributed by atoms with E-state index in [0.29, 0.717) is 24.8 Å². The van der Waals surface area contributed by atoms with Gasteiger partial charge in [-0.15, -0.1) is 0 Å². The second kappa shape index (κ2) is 10.1. The molecule has 0 aliphatic heterocycles. The summed E-state index contributed by atoms with van der Waals surface area (Å²) in [6.07, 6.45) is 3.33. The van der Waals surface area contributed by atoms with Crippen LogP contribution in [0.1, 0.15) is 26.5 Å². The Kier molecular flexibility index (Phi) is 7.47. The molecule has 2 aromatic heterocycles.